The molecule has 0 bridgehead atoms. The lowest BCUT2D eigenvalue weighted by atomic mass is 10.1. The van der Waals surface area contributed by atoms with Crippen molar-refractivity contribution in [2.45, 2.75) is 45.6 Å². The average Bonchev–Trinajstić information content (AvgIpc) is 3.37. The van der Waals surface area contributed by atoms with Gasteiger partial charge in [-0.25, -0.2) is 0 Å². The third-order valence-corrected chi connectivity index (χ3v) is 6.59. The zero-order valence-electron chi connectivity index (χ0n) is 19.8. The van der Waals surface area contributed by atoms with Gasteiger partial charge in [0.25, 0.3) is 0 Å². The molecule has 1 aliphatic rings. The summed E-state index contributed by atoms with van der Waals surface area (Å²) in [6.07, 6.45) is 4.23. The molecule has 4 nitrogen and oxygen atoms in total. The monoisotopic (exact) mass is 453 g/mol. The normalized spacial score (nSPS) is 12.9. The van der Waals surface area contributed by atoms with E-state index >= 15 is 0 Å². The van der Waals surface area contributed by atoms with Crippen LogP contribution >= 0.6 is 0 Å². The first kappa shape index (κ1) is 22.3. The number of unbranched alkanes of at least 4 members (excludes halogenated alkanes) is 1. The van der Waals surface area contributed by atoms with Crippen LogP contribution in [0.25, 0.3) is 21.8 Å². The van der Waals surface area contributed by atoms with Gasteiger partial charge in [0.05, 0.1) is 18.7 Å². The molecule has 0 saturated heterocycles. The molecule has 0 amide bonds. The molecular formula is C30H31NO3. The molecular weight excluding hydrogens is 422 g/mol. The van der Waals surface area contributed by atoms with Gasteiger partial charge in [-0.05, 0) is 68.5 Å². The van der Waals surface area contributed by atoms with Gasteiger partial charge in [0.2, 0.25) is 0 Å². The van der Waals surface area contributed by atoms with Crippen molar-refractivity contribution in [1.82, 2.24) is 4.57 Å². The molecule has 0 spiro atoms. The smallest absolute Gasteiger partial charge is 0.163 e. The van der Waals surface area contributed by atoms with Crippen molar-refractivity contribution >= 4 is 27.6 Å². The Morgan fingerprint density at radius 2 is 1.59 bits per heavy atom. The van der Waals surface area contributed by atoms with Gasteiger partial charge in [-0.1, -0.05) is 29.8 Å². The van der Waals surface area contributed by atoms with E-state index in [4.69, 9.17) is 9.47 Å². The Bertz CT molecular complexity index is 1360. The van der Waals surface area contributed by atoms with Crippen molar-refractivity contribution < 1.29 is 14.3 Å². The number of benzene rings is 3. The third kappa shape index (κ3) is 4.58. The van der Waals surface area contributed by atoms with Crippen molar-refractivity contribution in [2.24, 2.45) is 0 Å². The van der Waals surface area contributed by atoms with E-state index in [0.29, 0.717) is 19.6 Å². The maximum absolute atomic E-state index is 11.9. The lowest BCUT2D eigenvalue weighted by molar-refractivity contribution is 0.0994. The summed E-state index contributed by atoms with van der Waals surface area (Å²) in [5.41, 5.74) is 5.61. The highest BCUT2D eigenvalue weighted by molar-refractivity contribution is 6.08. The van der Waals surface area contributed by atoms with Crippen molar-refractivity contribution in [1.29, 1.82) is 0 Å². The number of rotatable bonds is 10. The zero-order chi connectivity index (χ0) is 23.5. The number of carbonyl (C=O) groups is 1. The van der Waals surface area contributed by atoms with Gasteiger partial charge >= 0.3 is 0 Å². The van der Waals surface area contributed by atoms with E-state index in [-0.39, 0.29) is 5.78 Å². The average molecular weight is 454 g/mol. The van der Waals surface area contributed by atoms with Crippen molar-refractivity contribution in [3.8, 4) is 11.5 Å². The molecule has 1 aliphatic carbocycles. The predicted molar refractivity (Wildman–Crippen MR) is 138 cm³/mol. The van der Waals surface area contributed by atoms with Gasteiger partial charge in [0.1, 0.15) is 11.5 Å². The molecule has 0 fully saturated rings. The molecule has 4 aromatic rings. The summed E-state index contributed by atoms with van der Waals surface area (Å²) < 4.78 is 14.3. The maximum atomic E-state index is 11.9. The van der Waals surface area contributed by atoms with Crippen LogP contribution in [0, 0.1) is 0 Å². The highest BCUT2D eigenvalue weighted by Crippen LogP contribution is 2.32. The van der Waals surface area contributed by atoms with Crippen LogP contribution in [0.1, 0.15) is 48.5 Å². The lowest BCUT2D eigenvalue weighted by Gasteiger charge is -2.10. The minimum absolute atomic E-state index is 0.226. The molecule has 0 aliphatic heterocycles. The number of allylic oxidation sites excluding steroid dienone is 1. The van der Waals surface area contributed by atoms with Crippen LogP contribution < -0.4 is 9.47 Å². The molecule has 34 heavy (non-hydrogen) atoms. The van der Waals surface area contributed by atoms with Gasteiger partial charge in [0, 0.05) is 40.9 Å². The number of ether oxygens (including phenoxy) is 2. The summed E-state index contributed by atoms with van der Waals surface area (Å²) >= 11 is 0. The van der Waals surface area contributed by atoms with Gasteiger partial charge in [-0.2, -0.15) is 0 Å². The third-order valence-electron chi connectivity index (χ3n) is 6.59. The van der Waals surface area contributed by atoms with E-state index in [0.717, 1.165) is 54.9 Å². The Hall–Kier alpha value is -3.53. The summed E-state index contributed by atoms with van der Waals surface area (Å²) in [6.45, 7) is 8.32. The fourth-order valence-electron chi connectivity index (χ4n) is 4.75. The summed E-state index contributed by atoms with van der Waals surface area (Å²) in [5.74, 6) is 1.90. The summed E-state index contributed by atoms with van der Waals surface area (Å²) in [4.78, 5) is 11.9. The van der Waals surface area contributed by atoms with Gasteiger partial charge in [-0.3, -0.25) is 4.79 Å². The van der Waals surface area contributed by atoms with E-state index < -0.39 is 0 Å². The number of aromatic nitrogens is 1. The van der Waals surface area contributed by atoms with E-state index in [1.807, 2.05) is 18.2 Å². The first-order chi connectivity index (χ1) is 16.6. The van der Waals surface area contributed by atoms with Crippen molar-refractivity contribution in [3.05, 3.63) is 83.9 Å². The highest BCUT2D eigenvalue weighted by Gasteiger charge is 2.19. The molecule has 0 N–H and O–H groups in total. The van der Waals surface area contributed by atoms with Crippen molar-refractivity contribution in [2.75, 3.05) is 13.2 Å². The van der Waals surface area contributed by atoms with Gasteiger partial charge in [0.15, 0.2) is 5.78 Å². The van der Waals surface area contributed by atoms with Crippen LogP contribution in [-0.2, 0) is 13.0 Å². The molecule has 4 heteroatoms. The molecule has 174 valence electrons. The van der Waals surface area contributed by atoms with E-state index in [1.165, 1.54) is 27.4 Å². The fourth-order valence-corrected chi connectivity index (χ4v) is 4.75. The number of hydrogen-bond acceptors (Lipinski definition) is 3. The Labute approximate surface area is 200 Å². The molecule has 0 saturated carbocycles. The number of aryl methyl sites for hydroxylation is 2. The summed E-state index contributed by atoms with van der Waals surface area (Å²) in [7, 11) is 0. The standard InChI is InChI=1S/C30H31NO3/c1-21(2)15-16-31-28-8-4-3-7-25(28)26-13-12-24(20-29(26)31)34-18-6-5-17-33-23-11-9-22-10-14-30(32)27(22)19-23/h3-4,7-9,11-13,19-20H,1,5-6,10,14-18H2,2H3. The van der Waals surface area contributed by atoms with Crippen LogP contribution in [-0.4, -0.2) is 23.6 Å². The highest BCUT2D eigenvalue weighted by atomic mass is 16.5. The first-order valence-electron chi connectivity index (χ1n) is 12.2. The van der Waals surface area contributed by atoms with E-state index in [9.17, 15) is 4.79 Å². The molecule has 0 unspecified atom stereocenters. The Morgan fingerprint density at radius 1 is 0.882 bits per heavy atom. The van der Waals surface area contributed by atoms with E-state index in [2.05, 4.69) is 60.5 Å². The van der Waals surface area contributed by atoms with Crippen molar-refractivity contribution in [3.63, 3.8) is 0 Å². The molecule has 3 aromatic carbocycles. The van der Waals surface area contributed by atoms with Crippen LogP contribution in [0.4, 0.5) is 0 Å². The number of Topliss-reactive ketones (excluding diaryl/α,β-unsaturated/α-hetero) is 1. The topological polar surface area (TPSA) is 40.5 Å². The van der Waals surface area contributed by atoms with Crippen LogP contribution in [0.2, 0.25) is 0 Å². The minimum Gasteiger partial charge on any atom is -0.494 e. The minimum atomic E-state index is 0.226. The van der Waals surface area contributed by atoms with Crippen LogP contribution in [0.15, 0.2) is 72.8 Å². The largest absolute Gasteiger partial charge is 0.494 e. The lowest BCUT2D eigenvalue weighted by Crippen LogP contribution is -2.03. The molecule has 1 aromatic heterocycles. The molecule has 0 radical (unpaired) electrons. The van der Waals surface area contributed by atoms with Crippen LogP contribution in [0.5, 0.6) is 11.5 Å². The second-order valence-corrected chi connectivity index (χ2v) is 9.20. The molecule has 1 heterocycles. The maximum Gasteiger partial charge on any atom is 0.163 e. The number of fused-ring (bicyclic) bond motifs is 4. The Kier molecular flexibility index (Phi) is 6.39. The summed E-state index contributed by atoms with van der Waals surface area (Å²) in [5, 5.41) is 2.53. The quantitative estimate of drug-likeness (QED) is 0.189. The van der Waals surface area contributed by atoms with Gasteiger partial charge < -0.3 is 14.0 Å². The predicted octanol–water partition coefficient (Wildman–Crippen LogP) is 7.13. The zero-order valence-corrected chi connectivity index (χ0v) is 19.8. The number of para-hydroxylation sites is 1. The van der Waals surface area contributed by atoms with Crippen LogP contribution in [0.3, 0.4) is 0 Å². The Morgan fingerprint density at radius 3 is 2.38 bits per heavy atom. The number of hydrogen-bond donors (Lipinski definition) is 0. The number of carbonyl (C=O) groups excluding carboxylic acids is 1. The fraction of sp³-hybridized carbons (Fsp3) is 0.300. The molecule has 5 rings (SSSR count). The second-order valence-electron chi connectivity index (χ2n) is 9.20. The molecule has 0 atom stereocenters. The van der Waals surface area contributed by atoms with Gasteiger partial charge in [-0.15, -0.1) is 6.58 Å². The van der Waals surface area contributed by atoms with E-state index in [1.54, 1.807) is 0 Å². The Balaban J connectivity index is 1.18. The number of nitrogens with zero attached hydrogens (tertiary/aromatic N) is 1. The number of ketones is 1. The first-order valence-corrected chi connectivity index (χ1v) is 12.2. The second kappa shape index (κ2) is 9.76. The summed E-state index contributed by atoms with van der Waals surface area (Å²) in [6, 6.07) is 20.8. The SMILES string of the molecule is C=C(C)CCn1c2ccccc2c2ccc(OCCCCOc3ccc4c(c3)C(=O)CC4)cc21.